The van der Waals surface area contributed by atoms with E-state index in [2.05, 4.69) is 4.98 Å². The van der Waals surface area contributed by atoms with Crippen LogP contribution in [0.15, 0.2) is 17.5 Å². The molecule has 1 heterocycles. The smallest absolute Gasteiger partial charge is 0.300 e. The fourth-order valence-corrected chi connectivity index (χ4v) is 2.73. The van der Waals surface area contributed by atoms with Crippen LogP contribution in [-0.4, -0.2) is 10.8 Å². The quantitative estimate of drug-likeness (QED) is 0.785. The summed E-state index contributed by atoms with van der Waals surface area (Å²) in [5, 5.41) is 2.01. The van der Waals surface area contributed by atoms with Gasteiger partial charge in [0.05, 0.1) is 17.7 Å². The van der Waals surface area contributed by atoms with Crippen molar-refractivity contribution >= 4 is 17.1 Å². The average Bonchev–Trinajstić information content (AvgIpc) is 2.78. The maximum absolute atomic E-state index is 13.7. The van der Waals surface area contributed by atoms with E-state index in [9.17, 15) is 22.4 Å². The molecule has 112 valence electrons. The highest BCUT2D eigenvalue weighted by molar-refractivity contribution is 7.10. The topological polar surface area (TPSA) is 30.0 Å². The normalized spacial score (nSPS) is 11.7. The molecular weight excluding hydrogens is 306 g/mol. The predicted octanol–water partition coefficient (Wildman–Crippen LogP) is 4.41. The van der Waals surface area contributed by atoms with Gasteiger partial charge >= 0.3 is 6.18 Å². The second kappa shape index (κ2) is 5.55. The summed E-state index contributed by atoms with van der Waals surface area (Å²) in [5.74, 6) is -1.03. The zero-order chi connectivity index (χ0) is 15.8. The van der Waals surface area contributed by atoms with E-state index in [1.807, 2.05) is 0 Å². The summed E-state index contributed by atoms with van der Waals surface area (Å²) >= 11 is 1.16. The van der Waals surface area contributed by atoms with Gasteiger partial charge in [-0.1, -0.05) is 0 Å². The van der Waals surface area contributed by atoms with E-state index in [0.717, 1.165) is 30.4 Å². The number of nitrogens with zero attached hydrogens (tertiary/aromatic N) is 1. The molecule has 21 heavy (non-hydrogen) atoms. The van der Waals surface area contributed by atoms with Crippen molar-refractivity contribution in [2.24, 2.45) is 0 Å². The second-order valence-electron chi connectivity index (χ2n) is 4.63. The Hall–Kier alpha value is -1.76. The molecule has 0 saturated carbocycles. The van der Waals surface area contributed by atoms with Gasteiger partial charge in [-0.05, 0) is 31.5 Å². The summed E-state index contributed by atoms with van der Waals surface area (Å²) < 4.78 is 52.3. The van der Waals surface area contributed by atoms with Crippen LogP contribution in [-0.2, 0) is 17.4 Å². The van der Waals surface area contributed by atoms with Crippen LogP contribution in [0.2, 0.25) is 0 Å². The third-order valence-electron chi connectivity index (χ3n) is 2.90. The number of alkyl halides is 3. The Morgan fingerprint density at radius 3 is 2.57 bits per heavy atom. The lowest BCUT2D eigenvalue weighted by Crippen LogP contribution is -2.09. The summed E-state index contributed by atoms with van der Waals surface area (Å²) in [6.45, 7) is 2.48. The monoisotopic (exact) mass is 317 g/mol. The van der Waals surface area contributed by atoms with Crippen LogP contribution in [0.4, 0.5) is 17.6 Å². The lowest BCUT2D eigenvalue weighted by Gasteiger charge is -2.12. The molecule has 0 spiro atoms. The number of aromatic nitrogens is 1. The summed E-state index contributed by atoms with van der Waals surface area (Å²) in [4.78, 5) is 15.1. The molecule has 0 aliphatic carbocycles. The van der Waals surface area contributed by atoms with Gasteiger partial charge in [-0.15, -0.1) is 11.3 Å². The van der Waals surface area contributed by atoms with Gasteiger partial charge in [0.1, 0.15) is 16.6 Å². The van der Waals surface area contributed by atoms with Gasteiger partial charge in [0, 0.05) is 10.9 Å². The molecule has 2 rings (SSSR count). The highest BCUT2D eigenvalue weighted by Gasteiger charge is 2.34. The minimum absolute atomic E-state index is 0.0523. The van der Waals surface area contributed by atoms with E-state index < -0.39 is 23.1 Å². The predicted molar refractivity (Wildman–Crippen MR) is 71.6 cm³/mol. The Morgan fingerprint density at radius 2 is 2.00 bits per heavy atom. The first-order chi connectivity index (χ1) is 9.68. The highest BCUT2D eigenvalue weighted by Crippen LogP contribution is 2.36. The zero-order valence-electron chi connectivity index (χ0n) is 11.2. The van der Waals surface area contributed by atoms with Gasteiger partial charge in [-0.25, -0.2) is 9.37 Å². The third-order valence-corrected chi connectivity index (χ3v) is 3.75. The number of thiazole rings is 1. The Balaban J connectivity index is 2.47. The fraction of sp³-hybridized carbons (Fsp3) is 0.286. The first-order valence-electron chi connectivity index (χ1n) is 6.00. The third kappa shape index (κ3) is 3.47. The Labute approximate surface area is 122 Å². The van der Waals surface area contributed by atoms with Crippen LogP contribution < -0.4 is 0 Å². The molecule has 2 nitrogen and oxygen atoms in total. The summed E-state index contributed by atoms with van der Waals surface area (Å²) in [5.41, 5.74) is -1.17. The number of carbonyl (C=O) groups excluding carboxylic acids is 1. The Bertz CT molecular complexity index is 691. The number of hydrogen-bond acceptors (Lipinski definition) is 3. The van der Waals surface area contributed by atoms with Crippen molar-refractivity contribution in [2.75, 3.05) is 0 Å². The SMILES string of the molecule is CC(=O)Cc1nc(-c2cc(F)c(C)c(C(F)(F)F)c2)cs1. The zero-order valence-corrected chi connectivity index (χ0v) is 12.0. The molecule has 0 aliphatic rings. The molecule has 0 amide bonds. The molecule has 1 aromatic carbocycles. The van der Waals surface area contributed by atoms with Crippen LogP contribution in [0.25, 0.3) is 11.3 Å². The Kier molecular flexibility index (Phi) is 4.13. The molecule has 0 fully saturated rings. The number of carbonyl (C=O) groups is 1. The van der Waals surface area contributed by atoms with Crippen molar-refractivity contribution in [3.05, 3.63) is 39.5 Å². The molecule has 0 atom stereocenters. The van der Waals surface area contributed by atoms with Gasteiger partial charge in [0.2, 0.25) is 0 Å². The molecule has 0 bridgehead atoms. The molecule has 0 radical (unpaired) electrons. The summed E-state index contributed by atoms with van der Waals surface area (Å²) in [7, 11) is 0. The number of Topliss-reactive ketones (excluding diaryl/α,β-unsaturated/α-hetero) is 1. The molecule has 1 aromatic heterocycles. The van der Waals surface area contributed by atoms with E-state index in [4.69, 9.17) is 0 Å². The van der Waals surface area contributed by atoms with Crippen molar-refractivity contribution in [1.82, 2.24) is 4.98 Å². The van der Waals surface area contributed by atoms with E-state index in [-0.39, 0.29) is 23.5 Å². The second-order valence-corrected chi connectivity index (χ2v) is 5.58. The van der Waals surface area contributed by atoms with Crippen LogP contribution in [0.5, 0.6) is 0 Å². The van der Waals surface area contributed by atoms with E-state index in [0.29, 0.717) is 5.01 Å². The molecule has 0 aliphatic heterocycles. The first kappa shape index (κ1) is 15.6. The number of rotatable bonds is 3. The van der Waals surface area contributed by atoms with Gasteiger partial charge in [-0.3, -0.25) is 4.79 Å². The fourth-order valence-electron chi connectivity index (χ4n) is 1.86. The number of ketones is 1. The largest absolute Gasteiger partial charge is 0.416 e. The Morgan fingerprint density at radius 1 is 1.33 bits per heavy atom. The standard InChI is InChI=1S/C14H11F4NOS/c1-7(20)3-13-19-12(6-21-13)9-4-10(14(16,17)18)8(2)11(15)5-9/h4-6H,3H2,1-2H3. The van der Waals surface area contributed by atoms with Crippen molar-refractivity contribution in [3.8, 4) is 11.3 Å². The van der Waals surface area contributed by atoms with E-state index in [1.165, 1.54) is 12.3 Å². The molecule has 7 heteroatoms. The highest BCUT2D eigenvalue weighted by atomic mass is 32.1. The first-order valence-corrected chi connectivity index (χ1v) is 6.88. The lowest BCUT2D eigenvalue weighted by atomic mass is 10.0. The van der Waals surface area contributed by atoms with Crippen molar-refractivity contribution in [2.45, 2.75) is 26.4 Å². The van der Waals surface area contributed by atoms with Crippen molar-refractivity contribution < 1.29 is 22.4 Å². The van der Waals surface area contributed by atoms with Crippen molar-refractivity contribution in [3.63, 3.8) is 0 Å². The van der Waals surface area contributed by atoms with Crippen LogP contribution in [0, 0.1) is 12.7 Å². The molecular formula is C14H11F4NOS. The molecule has 2 aromatic rings. The van der Waals surface area contributed by atoms with E-state index >= 15 is 0 Å². The molecule has 0 unspecified atom stereocenters. The maximum Gasteiger partial charge on any atom is 0.416 e. The van der Waals surface area contributed by atoms with Gasteiger partial charge in [0.15, 0.2) is 0 Å². The van der Waals surface area contributed by atoms with E-state index in [1.54, 1.807) is 0 Å². The summed E-state index contributed by atoms with van der Waals surface area (Å²) in [6, 6.07) is 1.90. The van der Waals surface area contributed by atoms with Gasteiger partial charge in [-0.2, -0.15) is 13.2 Å². The lowest BCUT2D eigenvalue weighted by molar-refractivity contribution is -0.138. The summed E-state index contributed by atoms with van der Waals surface area (Å²) in [6.07, 6.45) is -4.51. The molecule has 0 saturated heterocycles. The van der Waals surface area contributed by atoms with Crippen LogP contribution in [0.1, 0.15) is 23.1 Å². The molecule has 0 N–H and O–H groups in total. The maximum atomic E-state index is 13.7. The van der Waals surface area contributed by atoms with Gasteiger partial charge in [0.25, 0.3) is 0 Å². The number of benzene rings is 1. The average molecular weight is 317 g/mol. The van der Waals surface area contributed by atoms with Gasteiger partial charge < -0.3 is 0 Å². The number of halogens is 4. The minimum atomic E-state index is -4.63. The van der Waals surface area contributed by atoms with Crippen molar-refractivity contribution in [1.29, 1.82) is 0 Å². The minimum Gasteiger partial charge on any atom is -0.300 e. The van der Waals surface area contributed by atoms with Crippen LogP contribution in [0.3, 0.4) is 0 Å². The number of hydrogen-bond donors (Lipinski definition) is 0. The van der Waals surface area contributed by atoms with Crippen LogP contribution >= 0.6 is 11.3 Å².